The molecule has 0 radical (unpaired) electrons. The van der Waals surface area contributed by atoms with Crippen LogP contribution in [-0.2, 0) is 4.79 Å². The summed E-state index contributed by atoms with van der Waals surface area (Å²) < 4.78 is 12.6. The zero-order valence-electron chi connectivity index (χ0n) is 7.15. The number of carbonyl (C=O) groups is 1. The highest BCUT2D eigenvalue weighted by Gasteiger charge is 2.28. The van der Waals surface area contributed by atoms with Gasteiger partial charge in [-0.3, -0.25) is 4.79 Å². The number of amides is 1. The largest absolute Gasteiger partial charge is 0.350 e. The first-order valence-electron chi connectivity index (χ1n) is 4.08. The van der Waals surface area contributed by atoms with Gasteiger partial charge < -0.3 is 10.6 Å². The van der Waals surface area contributed by atoms with E-state index in [0.29, 0.717) is 5.03 Å². The summed E-state index contributed by atoms with van der Waals surface area (Å²) in [5, 5.41) is 5.68. The van der Waals surface area contributed by atoms with Gasteiger partial charge in [-0.05, 0) is 0 Å². The lowest BCUT2D eigenvalue weighted by Gasteiger charge is -2.09. The molecule has 0 spiro atoms. The van der Waals surface area contributed by atoms with E-state index in [1.807, 2.05) is 0 Å². The lowest BCUT2D eigenvalue weighted by atomic mass is 10.2. The topological polar surface area (TPSA) is 41.1 Å². The van der Waals surface area contributed by atoms with E-state index in [9.17, 15) is 9.18 Å². The number of carbonyl (C=O) groups excluding carboxylic acids is 1. The van der Waals surface area contributed by atoms with Gasteiger partial charge in [0.2, 0.25) is 5.91 Å². The highest BCUT2D eigenvalue weighted by Crippen LogP contribution is 2.09. The van der Waals surface area contributed by atoms with E-state index in [0.717, 1.165) is 0 Å². The van der Waals surface area contributed by atoms with Gasteiger partial charge in [-0.1, -0.05) is 18.2 Å². The van der Waals surface area contributed by atoms with Crippen molar-refractivity contribution in [2.75, 3.05) is 13.1 Å². The normalized spacial score (nSPS) is 27.2. The zero-order valence-corrected chi connectivity index (χ0v) is 7.90. The zero-order chi connectivity index (χ0) is 9.84. The van der Waals surface area contributed by atoms with Crippen molar-refractivity contribution in [1.82, 2.24) is 10.6 Å². The Kier molecular flexibility index (Phi) is 3.69. The summed E-state index contributed by atoms with van der Waals surface area (Å²) in [6, 6.07) is -0.425. The van der Waals surface area contributed by atoms with Crippen LogP contribution in [0.5, 0.6) is 0 Å². The van der Waals surface area contributed by atoms with Gasteiger partial charge >= 0.3 is 0 Å². The van der Waals surface area contributed by atoms with Gasteiger partial charge in [0, 0.05) is 18.0 Å². The van der Waals surface area contributed by atoms with Gasteiger partial charge in [0.05, 0.1) is 12.6 Å². The van der Waals surface area contributed by atoms with Crippen molar-refractivity contribution >= 4 is 17.5 Å². The molecule has 5 heteroatoms. The van der Waals surface area contributed by atoms with Gasteiger partial charge in [0.1, 0.15) is 6.17 Å². The molecule has 0 saturated carbocycles. The Hall–Kier alpha value is -0.610. The fraction of sp³-hybridized carbons (Fsp3) is 0.625. The number of nitrogens with one attached hydrogen (secondary N) is 2. The van der Waals surface area contributed by atoms with Crippen LogP contribution in [0.1, 0.15) is 6.42 Å². The Balaban J connectivity index is 2.27. The summed E-state index contributed by atoms with van der Waals surface area (Å²) in [6.07, 6.45) is -0.685. The summed E-state index contributed by atoms with van der Waals surface area (Å²) in [4.78, 5) is 11.3. The van der Waals surface area contributed by atoms with Gasteiger partial charge in [0.15, 0.2) is 0 Å². The Morgan fingerprint density at radius 1 is 1.77 bits per heavy atom. The van der Waals surface area contributed by atoms with Crippen LogP contribution in [0.15, 0.2) is 11.6 Å². The van der Waals surface area contributed by atoms with Crippen LogP contribution >= 0.6 is 11.6 Å². The first-order valence-corrected chi connectivity index (χ1v) is 4.46. The quantitative estimate of drug-likeness (QED) is 0.709. The van der Waals surface area contributed by atoms with Gasteiger partial charge in [-0.25, -0.2) is 4.39 Å². The first kappa shape index (κ1) is 10.5. The summed E-state index contributed by atoms with van der Waals surface area (Å²) in [5.41, 5.74) is 0. The van der Waals surface area contributed by atoms with Gasteiger partial charge in [0.25, 0.3) is 0 Å². The van der Waals surface area contributed by atoms with Crippen molar-refractivity contribution in [1.29, 1.82) is 0 Å². The van der Waals surface area contributed by atoms with Crippen LogP contribution in [0, 0.1) is 0 Å². The van der Waals surface area contributed by atoms with Crippen LogP contribution in [0.3, 0.4) is 0 Å². The smallest absolute Gasteiger partial charge is 0.237 e. The monoisotopic (exact) mass is 206 g/mol. The maximum atomic E-state index is 12.6. The van der Waals surface area contributed by atoms with Crippen LogP contribution in [-0.4, -0.2) is 31.2 Å². The predicted molar refractivity (Wildman–Crippen MR) is 49.3 cm³/mol. The fourth-order valence-electron chi connectivity index (χ4n) is 1.20. The average molecular weight is 207 g/mol. The van der Waals surface area contributed by atoms with Crippen molar-refractivity contribution in [2.45, 2.75) is 18.6 Å². The second-order valence-corrected chi connectivity index (χ2v) is 3.56. The van der Waals surface area contributed by atoms with Crippen molar-refractivity contribution < 1.29 is 9.18 Å². The molecule has 1 saturated heterocycles. The predicted octanol–water partition coefficient (Wildman–Crippen LogP) is 0.555. The summed E-state index contributed by atoms with van der Waals surface area (Å²) >= 11 is 5.45. The van der Waals surface area contributed by atoms with Gasteiger partial charge in [-0.15, -0.1) is 0 Å². The molecular weight excluding hydrogens is 195 g/mol. The molecule has 0 aliphatic carbocycles. The number of hydrogen-bond acceptors (Lipinski definition) is 2. The van der Waals surface area contributed by atoms with E-state index in [4.69, 9.17) is 11.6 Å². The summed E-state index contributed by atoms with van der Waals surface area (Å²) in [5.74, 6) is -0.220. The molecule has 1 aliphatic rings. The van der Waals surface area contributed by atoms with Crippen LogP contribution in [0.4, 0.5) is 4.39 Å². The minimum atomic E-state index is -0.921. The van der Waals surface area contributed by atoms with Crippen molar-refractivity contribution in [2.24, 2.45) is 0 Å². The number of hydrogen-bond donors (Lipinski definition) is 2. The number of alkyl halides is 1. The van der Waals surface area contributed by atoms with E-state index in [2.05, 4.69) is 17.2 Å². The van der Waals surface area contributed by atoms with Crippen molar-refractivity contribution in [3.63, 3.8) is 0 Å². The molecule has 2 atom stereocenters. The fourth-order valence-corrected chi connectivity index (χ4v) is 1.27. The minimum absolute atomic E-state index is 0.220. The molecule has 0 unspecified atom stereocenters. The molecule has 13 heavy (non-hydrogen) atoms. The molecule has 0 bridgehead atoms. The maximum absolute atomic E-state index is 12.6. The maximum Gasteiger partial charge on any atom is 0.237 e. The summed E-state index contributed by atoms with van der Waals surface area (Å²) in [6.45, 7) is 3.91. The molecule has 1 heterocycles. The van der Waals surface area contributed by atoms with Gasteiger partial charge in [-0.2, -0.15) is 0 Å². The van der Waals surface area contributed by atoms with E-state index in [-0.39, 0.29) is 25.4 Å². The molecule has 1 aliphatic heterocycles. The third-order valence-electron chi connectivity index (χ3n) is 1.85. The minimum Gasteiger partial charge on any atom is -0.350 e. The third-order valence-corrected chi connectivity index (χ3v) is 1.98. The van der Waals surface area contributed by atoms with Crippen molar-refractivity contribution in [3.05, 3.63) is 11.6 Å². The molecule has 0 aromatic rings. The lowest BCUT2D eigenvalue weighted by molar-refractivity contribution is -0.122. The molecule has 1 amide bonds. The van der Waals surface area contributed by atoms with Crippen LogP contribution in [0.25, 0.3) is 0 Å². The van der Waals surface area contributed by atoms with Crippen LogP contribution < -0.4 is 10.6 Å². The third kappa shape index (κ3) is 3.32. The molecule has 0 aromatic carbocycles. The average Bonchev–Trinajstić information content (AvgIpc) is 2.47. The van der Waals surface area contributed by atoms with Crippen molar-refractivity contribution in [3.8, 4) is 0 Å². The Morgan fingerprint density at radius 2 is 2.46 bits per heavy atom. The molecule has 74 valence electrons. The van der Waals surface area contributed by atoms with E-state index in [1.165, 1.54) is 0 Å². The Bertz CT molecular complexity index is 222. The second kappa shape index (κ2) is 4.58. The highest BCUT2D eigenvalue weighted by molar-refractivity contribution is 6.29. The molecule has 3 nitrogen and oxygen atoms in total. The SMILES string of the molecule is C=C(Cl)CNC(=O)[C@@H]1C[C@@H](F)CN1. The lowest BCUT2D eigenvalue weighted by Crippen LogP contribution is -2.40. The first-order chi connectivity index (χ1) is 6.09. The number of rotatable bonds is 3. The standard InChI is InChI=1S/C8H12ClFN2O/c1-5(9)3-12-8(13)7-2-6(10)4-11-7/h6-7,11H,1-4H2,(H,12,13)/t6-,7+/m1/s1. The van der Waals surface area contributed by atoms with E-state index in [1.54, 1.807) is 0 Å². The molecular formula is C8H12ClFN2O. The van der Waals surface area contributed by atoms with E-state index < -0.39 is 12.2 Å². The molecule has 2 N–H and O–H groups in total. The van der Waals surface area contributed by atoms with Crippen LogP contribution in [0.2, 0.25) is 0 Å². The Labute approximate surface area is 81.3 Å². The molecule has 1 rings (SSSR count). The van der Waals surface area contributed by atoms with E-state index >= 15 is 0 Å². The summed E-state index contributed by atoms with van der Waals surface area (Å²) in [7, 11) is 0. The second-order valence-electron chi connectivity index (χ2n) is 3.03. The highest BCUT2D eigenvalue weighted by atomic mass is 35.5. The molecule has 0 aromatic heterocycles. The molecule has 1 fully saturated rings. The number of halogens is 2. The Morgan fingerprint density at radius 3 is 2.92 bits per heavy atom.